The molecule has 1 aromatic heterocycles. The van der Waals surface area contributed by atoms with E-state index in [9.17, 15) is 9.18 Å². The van der Waals surface area contributed by atoms with Gasteiger partial charge in [0.1, 0.15) is 11.6 Å². The molecule has 2 aromatic carbocycles. The van der Waals surface area contributed by atoms with Crippen LogP contribution >= 0.6 is 0 Å². The number of halogens is 1. The first-order valence-electron chi connectivity index (χ1n) is 7.86. The molecule has 0 aliphatic rings. The molecule has 1 amide bonds. The maximum Gasteiger partial charge on any atom is 0.228 e. The van der Waals surface area contributed by atoms with Gasteiger partial charge in [0.15, 0.2) is 0 Å². The van der Waals surface area contributed by atoms with Crippen molar-refractivity contribution < 1.29 is 9.18 Å². The Bertz CT molecular complexity index is 893. The van der Waals surface area contributed by atoms with Gasteiger partial charge in [-0.1, -0.05) is 39.0 Å². The molecule has 0 unspecified atom stereocenters. The summed E-state index contributed by atoms with van der Waals surface area (Å²) in [4.78, 5) is 20.0. The molecule has 3 rings (SSSR count). The summed E-state index contributed by atoms with van der Waals surface area (Å²) in [6.07, 6.45) is 0.000920. The van der Waals surface area contributed by atoms with E-state index >= 15 is 0 Å². The second-order valence-electron chi connectivity index (χ2n) is 6.88. The average Bonchev–Trinajstić information content (AvgIpc) is 2.93. The fourth-order valence-electron chi connectivity index (χ4n) is 2.46. The quantitative estimate of drug-likeness (QED) is 0.759. The number of imidazole rings is 1. The minimum atomic E-state index is -0.369. The normalized spacial score (nSPS) is 11.7. The van der Waals surface area contributed by atoms with Gasteiger partial charge in [-0.15, -0.1) is 0 Å². The number of carbonyl (C=O) groups excluding carboxylic acids is 1. The number of benzene rings is 2. The summed E-state index contributed by atoms with van der Waals surface area (Å²) in [7, 11) is 0. The van der Waals surface area contributed by atoms with E-state index in [4.69, 9.17) is 0 Å². The Balaban J connectivity index is 1.77. The topological polar surface area (TPSA) is 57.8 Å². The minimum absolute atomic E-state index is 0.000920. The van der Waals surface area contributed by atoms with Crippen LogP contribution in [0.5, 0.6) is 0 Å². The van der Waals surface area contributed by atoms with Gasteiger partial charge in [0.05, 0.1) is 17.5 Å². The standard InChI is InChI=1S/C19H20FN3O/c1-19(2,3)18-22-15-9-8-13(11-16(15)23-18)21-17(24)10-12-6-4-5-7-14(12)20/h4-9,11H,10H2,1-3H3,(H,21,24)(H,22,23). The number of rotatable bonds is 3. The predicted molar refractivity (Wildman–Crippen MR) is 93.5 cm³/mol. The van der Waals surface area contributed by atoms with E-state index in [1.807, 2.05) is 12.1 Å². The predicted octanol–water partition coefficient (Wildman–Crippen LogP) is 4.18. The third-order valence-corrected chi connectivity index (χ3v) is 3.78. The smallest absolute Gasteiger partial charge is 0.228 e. The van der Waals surface area contributed by atoms with Gasteiger partial charge in [0, 0.05) is 11.1 Å². The third-order valence-electron chi connectivity index (χ3n) is 3.78. The molecule has 0 radical (unpaired) electrons. The maximum absolute atomic E-state index is 13.6. The molecule has 124 valence electrons. The number of H-pyrrole nitrogens is 1. The first-order chi connectivity index (χ1) is 11.3. The monoisotopic (exact) mass is 325 g/mol. The molecular formula is C19H20FN3O. The zero-order valence-electron chi connectivity index (χ0n) is 14.0. The Hall–Kier alpha value is -2.69. The lowest BCUT2D eigenvalue weighted by Gasteiger charge is -2.13. The van der Waals surface area contributed by atoms with Crippen LogP contribution in [0.1, 0.15) is 32.2 Å². The lowest BCUT2D eigenvalue weighted by atomic mass is 9.96. The van der Waals surface area contributed by atoms with Crippen molar-refractivity contribution >= 4 is 22.6 Å². The second kappa shape index (κ2) is 6.07. The number of hydrogen-bond donors (Lipinski definition) is 2. The molecule has 0 saturated carbocycles. The molecule has 4 nitrogen and oxygen atoms in total. The van der Waals surface area contributed by atoms with Gasteiger partial charge in [0.25, 0.3) is 0 Å². The highest BCUT2D eigenvalue weighted by Crippen LogP contribution is 2.24. The fourth-order valence-corrected chi connectivity index (χ4v) is 2.46. The summed E-state index contributed by atoms with van der Waals surface area (Å²) in [6.45, 7) is 6.26. The van der Waals surface area contributed by atoms with Crippen LogP contribution in [0.15, 0.2) is 42.5 Å². The van der Waals surface area contributed by atoms with Crippen molar-refractivity contribution in [2.75, 3.05) is 5.32 Å². The first kappa shape index (κ1) is 16.2. The van der Waals surface area contributed by atoms with Crippen LogP contribution in [0.4, 0.5) is 10.1 Å². The lowest BCUT2D eigenvalue weighted by molar-refractivity contribution is -0.115. The Morgan fingerprint density at radius 3 is 2.67 bits per heavy atom. The van der Waals surface area contributed by atoms with Crippen molar-refractivity contribution in [3.8, 4) is 0 Å². The number of fused-ring (bicyclic) bond motifs is 1. The van der Waals surface area contributed by atoms with Crippen LogP contribution in [0.3, 0.4) is 0 Å². The van der Waals surface area contributed by atoms with Crippen molar-refractivity contribution in [3.05, 3.63) is 59.7 Å². The molecule has 3 aromatic rings. The van der Waals surface area contributed by atoms with Gasteiger partial charge in [-0.3, -0.25) is 4.79 Å². The summed E-state index contributed by atoms with van der Waals surface area (Å²) in [5.74, 6) is 0.272. The molecule has 0 atom stereocenters. The van der Waals surface area contributed by atoms with E-state index in [2.05, 4.69) is 36.1 Å². The van der Waals surface area contributed by atoms with Gasteiger partial charge in [-0.25, -0.2) is 9.37 Å². The summed E-state index contributed by atoms with van der Waals surface area (Å²) in [5.41, 5.74) is 2.68. The summed E-state index contributed by atoms with van der Waals surface area (Å²) in [6, 6.07) is 11.8. The molecule has 0 spiro atoms. The largest absolute Gasteiger partial charge is 0.341 e. The SMILES string of the molecule is CC(C)(C)c1nc2ccc(NC(=O)Cc3ccccc3F)cc2[nH]1. The summed E-state index contributed by atoms with van der Waals surface area (Å²) in [5, 5.41) is 2.80. The number of hydrogen-bond acceptors (Lipinski definition) is 2. The van der Waals surface area contributed by atoms with Crippen molar-refractivity contribution in [2.24, 2.45) is 0 Å². The van der Waals surface area contributed by atoms with E-state index in [0.717, 1.165) is 16.9 Å². The molecule has 2 N–H and O–H groups in total. The summed E-state index contributed by atoms with van der Waals surface area (Å²) >= 11 is 0. The minimum Gasteiger partial charge on any atom is -0.341 e. The average molecular weight is 325 g/mol. The Kier molecular flexibility index (Phi) is 4.09. The van der Waals surface area contributed by atoms with Crippen molar-refractivity contribution in [3.63, 3.8) is 0 Å². The van der Waals surface area contributed by atoms with Crippen LogP contribution in [0, 0.1) is 5.82 Å². The van der Waals surface area contributed by atoms with Crippen LogP contribution < -0.4 is 5.32 Å². The first-order valence-corrected chi connectivity index (χ1v) is 7.86. The number of amides is 1. The maximum atomic E-state index is 13.6. The zero-order chi connectivity index (χ0) is 17.3. The van der Waals surface area contributed by atoms with Gasteiger partial charge < -0.3 is 10.3 Å². The number of carbonyl (C=O) groups is 1. The molecule has 0 bridgehead atoms. The fraction of sp³-hybridized carbons (Fsp3) is 0.263. The molecule has 5 heteroatoms. The number of nitrogens with one attached hydrogen (secondary N) is 2. The van der Waals surface area contributed by atoms with Crippen molar-refractivity contribution in [1.29, 1.82) is 0 Å². The highest BCUT2D eigenvalue weighted by Gasteiger charge is 2.18. The number of nitrogens with zero attached hydrogens (tertiary/aromatic N) is 1. The molecule has 0 fully saturated rings. The van der Waals surface area contributed by atoms with Gasteiger partial charge in [-0.2, -0.15) is 0 Å². The van der Waals surface area contributed by atoms with E-state index in [0.29, 0.717) is 11.3 Å². The van der Waals surface area contributed by atoms with E-state index in [-0.39, 0.29) is 23.6 Å². The van der Waals surface area contributed by atoms with Crippen molar-refractivity contribution in [2.45, 2.75) is 32.6 Å². The number of anilines is 1. The van der Waals surface area contributed by atoms with Crippen LogP contribution in [-0.4, -0.2) is 15.9 Å². The van der Waals surface area contributed by atoms with Crippen LogP contribution in [0.25, 0.3) is 11.0 Å². The molecule has 0 aliphatic carbocycles. The van der Waals surface area contributed by atoms with Crippen LogP contribution in [-0.2, 0) is 16.6 Å². The number of aromatic nitrogens is 2. The summed E-state index contributed by atoms with van der Waals surface area (Å²) < 4.78 is 13.6. The molecule has 0 aliphatic heterocycles. The second-order valence-corrected chi connectivity index (χ2v) is 6.88. The van der Waals surface area contributed by atoms with E-state index in [1.54, 1.807) is 24.3 Å². The Morgan fingerprint density at radius 1 is 1.21 bits per heavy atom. The van der Waals surface area contributed by atoms with E-state index in [1.165, 1.54) is 6.07 Å². The lowest BCUT2D eigenvalue weighted by Crippen LogP contribution is -2.15. The highest BCUT2D eigenvalue weighted by atomic mass is 19.1. The van der Waals surface area contributed by atoms with E-state index < -0.39 is 0 Å². The van der Waals surface area contributed by atoms with Gasteiger partial charge in [-0.05, 0) is 29.8 Å². The van der Waals surface area contributed by atoms with Crippen LogP contribution in [0.2, 0.25) is 0 Å². The Labute approximate surface area is 140 Å². The highest BCUT2D eigenvalue weighted by molar-refractivity contribution is 5.94. The molecule has 24 heavy (non-hydrogen) atoms. The number of aromatic amines is 1. The Morgan fingerprint density at radius 2 is 1.96 bits per heavy atom. The van der Waals surface area contributed by atoms with Gasteiger partial charge in [0.2, 0.25) is 5.91 Å². The third kappa shape index (κ3) is 3.45. The molecule has 1 heterocycles. The zero-order valence-corrected chi connectivity index (χ0v) is 14.0. The van der Waals surface area contributed by atoms with Gasteiger partial charge >= 0.3 is 0 Å². The molecular weight excluding hydrogens is 305 g/mol. The van der Waals surface area contributed by atoms with Crippen molar-refractivity contribution in [1.82, 2.24) is 9.97 Å². The molecule has 0 saturated heterocycles.